The molecule has 0 atom stereocenters. The van der Waals surface area contributed by atoms with Crippen LogP contribution in [0.3, 0.4) is 0 Å². The number of halogens is 1. The first-order chi connectivity index (χ1) is 53.4. The van der Waals surface area contributed by atoms with E-state index in [0.717, 1.165) is 138 Å². The fourth-order valence-corrected chi connectivity index (χ4v) is 16.5. The number of para-hydroxylation sites is 4. The van der Waals surface area contributed by atoms with Crippen LogP contribution in [-0.2, 0) is 0 Å². The molecule has 0 bridgehead atoms. The highest BCUT2D eigenvalue weighted by Gasteiger charge is 2.21. The molecule has 0 aliphatic rings. The maximum Gasteiger partial charge on any atom is 0.569 e. The Morgan fingerprint density at radius 1 is 0.194 bits per heavy atom. The van der Waals surface area contributed by atoms with Crippen LogP contribution in [0, 0.1) is 0 Å². The average Bonchev–Trinajstić information content (AvgIpc) is 0.996. The summed E-state index contributed by atoms with van der Waals surface area (Å²) in [5.41, 5.74) is 23.9. The van der Waals surface area contributed by atoms with Crippen molar-refractivity contribution in [2.45, 2.75) is 0 Å². The van der Waals surface area contributed by atoms with Crippen molar-refractivity contribution in [3.05, 3.63) is 368 Å². The predicted molar refractivity (Wildman–Crippen MR) is 453 cm³/mol. The van der Waals surface area contributed by atoms with E-state index >= 15 is 0 Å². The molecule has 4 heterocycles. The van der Waals surface area contributed by atoms with Gasteiger partial charge < -0.3 is 27.3 Å². The Hall–Kier alpha value is -13.5. The number of fused-ring (bicyclic) bond motifs is 16. The minimum atomic E-state index is 0.657. The van der Waals surface area contributed by atoms with Crippen molar-refractivity contribution in [3.63, 3.8) is 0 Å². The number of furan rings is 4. The van der Waals surface area contributed by atoms with Crippen LogP contribution >= 0.6 is 15.9 Å². The third-order valence-corrected chi connectivity index (χ3v) is 21.6. The van der Waals surface area contributed by atoms with E-state index in [9.17, 15) is 5.02 Å². The third kappa shape index (κ3) is 11.3. The van der Waals surface area contributed by atoms with E-state index in [-0.39, 0.29) is 0 Å². The molecule has 22 rings (SSSR count). The Labute approximate surface area is 629 Å². The highest BCUT2D eigenvalue weighted by molar-refractivity contribution is 9.10. The summed E-state index contributed by atoms with van der Waals surface area (Å²) in [7, 11) is 0.753. The topological polar surface area (TPSA) is 82.0 Å². The second kappa shape index (κ2) is 26.9. The van der Waals surface area contributed by atoms with Crippen LogP contribution in [0.1, 0.15) is 0 Å². The summed E-state index contributed by atoms with van der Waals surface area (Å²) in [4.78, 5) is 0. The molecule has 0 saturated heterocycles. The number of benzene rings is 18. The van der Waals surface area contributed by atoms with Crippen molar-refractivity contribution < 1.29 is 27.3 Å². The molecule has 0 fully saturated rings. The normalized spacial score (nSPS) is 11.6. The molecule has 0 amide bonds. The van der Waals surface area contributed by atoms with E-state index in [0.29, 0.717) is 5.75 Å². The first kappa shape index (κ1) is 64.1. The fourth-order valence-electron chi connectivity index (χ4n) is 16.1. The van der Waals surface area contributed by atoms with Gasteiger partial charge in [0, 0.05) is 58.3 Å². The van der Waals surface area contributed by atoms with Crippen LogP contribution < -0.4 is 4.65 Å². The number of hydrogen-bond acceptors (Lipinski definition) is 6. The maximum absolute atomic E-state index is 9.42. The molecule has 4 aromatic heterocycles. The van der Waals surface area contributed by atoms with Gasteiger partial charge in [-0.1, -0.05) is 289 Å². The van der Waals surface area contributed by atoms with Gasteiger partial charge in [-0.05, 0) is 201 Å². The molecular formula is C100H61BBrO6. The van der Waals surface area contributed by atoms with Gasteiger partial charge in [0.2, 0.25) is 0 Å². The summed E-state index contributed by atoms with van der Waals surface area (Å²) in [6.07, 6.45) is 0. The zero-order valence-electron chi connectivity index (χ0n) is 58.1. The summed E-state index contributed by atoms with van der Waals surface area (Å²) in [6.45, 7) is 0. The monoisotopic (exact) mass is 1450 g/mol. The van der Waals surface area contributed by atoms with Crippen molar-refractivity contribution in [1.29, 1.82) is 0 Å². The van der Waals surface area contributed by atoms with E-state index < -0.39 is 0 Å². The molecule has 1 N–H and O–H groups in total. The summed E-state index contributed by atoms with van der Waals surface area (Å²) >= 11 is 3.52. The lowest BCUT2D eigenvalue weighted by Gasteiger charge is -2.18. The van der Waals surface area contributed by atoms with Gasteiger partial charge in [-0.25, -0.2) is 0 Å². The van der Waals surface area contributed by atoms with Gasteiger partial charge in [0.25, 0.3) is 0 Å². The van der Waals surface area contributed by atoms with Crippen molar-refractivity contribution in [2.75, 3.05) is 0 Å². The molecule has 22 aromatic rings. The molecule has 0 unspecified atom stereocenters. The second-order valence-electron chi connectivity index (χ2n) is 27.3. The van der Waals surface area contributed by atoms with Crippen LogP contribution in [0.25, 0.3) is 209 Å². The van der Waals surface area contributed by atoms with E-state index in [1.807, 2.05) is 109 Å². The molecule has 108 heavy (non-hydrogen) atoms. The summed E-state index contributed by atoms with van der Waals surface area (Å²) < 4.78 is 30.8. The maximum atomic E-state index is 9.42. The fraction of sp³-hybridized carbons (Fsp3) is 0. The van der Waals surface area contributed by atoms with Gasteiger partial charge in [-0.2, -0.15) is 0 Å². The Balaban J connectivity index is 0.000000118. The lowest BCUT2D eigenvalue weighted by Crippen LogP contribution is -2.01. The van der Waals surface area contributed by atoms with Crippen molar-refractivity contribution in [2.24, 2.45) is 0 Å². The van der Waals surface area contributed by atoms with Gasteiger partial charge in [-0.3, -0.25) is 0 Å². The highest BCUT2D eigenvalue weighted by atomic mass is 79.9. The predicted octanol–water partition coefficient (Wildman–Crippen LogP) is 28.6. The SMILES string of the molecule is Brc1cccc(-c2ccc3oc4ccccc4c3c2)c1.O[B]Oc1c2ccccc2c(-c2ccc(-c3ccc4oc5ccccc5c4c3)cc2)c2ccccc12.c1cc(-c2ccc3oc4ccccc4c3c2)cc(-c2c3ccccc3c(-c3ccc(-c4ccc5oc6ccccc6c5c4)cc3)c3ccccc23)c1. The van der Waals surface area contributed by atoms with Gasteiger partial charge >= 0.3 is 7.69 Å². The van der Waals surface area contributed by atoms with E-state index in [1.54, 1.807) is 0 Å². The Morgan fingerprint density at radius 3 is 0.778 bits per heavy atom. The zero-order valence-corrected chi connectivity index (χ0v) is 59.7. The molecule has 1 radical (unpaired) electrons. The van der Waals surface area contributed by atoms with Gasteiger partial charge in [-0.15, -0.1) is 0 Å². The quantitative estimate of drug-likeness (QED) is 0.115. The molecule has 6 nitrogen and oxygen atoms in total. The lowest BCUT2D eigenvalue weighted by molar-refractivity contribution is 0.459. The molecule has 0 spiro atoms. The summed E-state index contributed by atoms with van der Waals surface area (Å²) in [5.74, 6) is 0.657. The molecule has 8 heteroatoms. The highest BCUT2D eigenvalue weighted by Crippen LogP contribution is 2.48. The molecule has 507 valence electrons. The van der Waals surface area contributed by atoms with Crippen LogP contribution in [-0.4, -0.2) is 12.7 Å². The van der Waals surface area contributed by atoms with E-state index in [1.165, 1.54) is 82.6 Å². The van der Waals surface area contributed by atoms with E-state index in [4.69, 9.17) is 22.3 Å². The first-order valence-corrected chi connectivity index (χ1v) is 36.9. The van der Waals surface area contributed by atoms with Crippen molar-refractivity contribution >= 4 is 154 Å². The Bertz CT molecular complexity index is 7170. The third-order valence-electron chi connectivity index (χ3n) is 21.1. The summed E-state index contributed by atoms with van der Waals surface area (Å²) in [5, 5.41) is 27.6. The van der Waals surface area contributed by atoms with Crippen molar-refractivity contribution in [3.8, 4) is 83.6 Å². The molecule has 0 aliphatic carbocycles. The minimum Gasteiger partial charge on any atom is -0.537 e. The van der Waals surface area contributed by atoms with Gasteiger partial charge in [0.15, 0.2) is 0 Å². The minimum absolute atomic E-state index is 0.657. The lowest BCUT2D eigenvalue weighted by atomic mass is 9.85. The average molecular weight is 1450 g/mol. The Morgan fingerprint density at radius 2 is 0.435 bits per heavy atom. The molecule has 18 aromatic carbocycles. The van der Waals surface area contributed by atoms with Crippen LogP contribution in [0.5, 0.6) is 5.75 Å². The molecule has 0 aliphatic heterocycles. The van der Waals surface area contributed by atoms with Crippen LogP contribution in [0.4, 0.5) is 0 Å². The van der Waals surface area contributed by atoms with Gasteiger partial charge in [0.1, 0.15) is 50.4 Å². The van der Waals surface area contributed by atoms with Gasteiger partial charge in [0.05, 0.1) is 0 Å². The second-order valence-corrected chi connectivity index (χ2v) is 28.3. The number of hydrogen-bond donors (Lipinski definition) is 1. The van der Waals surface area contributed by atoms with Crippen molar-refractivity contribution in [1.82, 2.24) is 0 Å². The number of rotatable bonds is 9. The molecule has 0 saturated carbocycles. The van der Waals surface area contributed by atoms with Crippen LogP contribution in [0.2, 0.25) is 0 Å². The smallest absolute Gasteiger partial charge is 0.537 e. The first-order valence-electron chi connectivity index (χ1n) is 36.1. The van der Waals surface area contributed by atoms with E-state index in [2.05, 4.69) is 271 Å². The zero-order chi connectivity index (χ0) is 71.8. The summed E-state index contributed by atoms with van der Waals surface area (Å²) in [6, 6.07) is 128. The van der Waals surface area contributed by atoms with Crippen LogP contribution in [0.15, 0.2) is 386 Å². The largest absolute Gasteiger partial charge is 0.569 e. The molecular weight excluding hydrogens is 1390 g/mol. The Kier molecular flexibility index (Phi) is 16.0. The standard InChI is InChI=1S/C50H30O2.C32H20BO3.C18H11BrO/c1-3-16-41-39(14-1)49(32-22-20-31(21-23-32)34-24-26-47-43(29-34)37-12-5-7-18-45(37)51-47)40-15-2-4-17-42(40)50(41)36-11-9-10-33(28-36)35-25-27-48-44(30-35)38-13-6-8-19-46(38)52-48;34-33-36-32-26-10-3-1-8-24(26)31(25-9-2-4-11-27(25)32)21-15-13-20(14-16-21)22-17-18-30-28(19-22)23-7-5-6-12-29(23)35-30;19-14-5-3-4-12(10-14)13-8-9-18-16(11-13)15-6-1-2-7-17(15)20-18/h1-30H;1-19,34H;1-11H.